The van der Waals surface area contributed by atoms with Gasteiger partial charge in [0.1, 0.15) is 6.61 Å². The van der Waals surface area contributed by atoms with Gasteiger partial charge in [-0.05, 0) is 19.1 Å². The standard InChI is InChI=1S/C18H29FN4O3S2/c1-3-20-18(21-8-15-28(24,25)23-10-13-27-14-11-23)22(2)9-12-26-17-7-5-4-6-16(17)19/h4-7H,3,8-15H2,1-2H3,(H,20,21). The van der Waals surface area contributed by atoms with Gasteiger partial charge in [-0.3, -0.25) is 4.99 Å². The highest BCUT2D eigenvalue weighted by Gasteiger charge is 2.23. The van der Waals surface area contributed by atoms with E-state index < -0.39 is 15.8 Å². The lowest BCUT2D eigenvalue weighted by Crippen LogP contribution is -2.42. The maximum atomic E-state index is 13.6. The third-order valence-electron chi connectivity index (χ3n) is 4.19. The monoisotopic (exact) mass is 432 g/mol. The summed E-state index contributed by atoms with van der Waals surface area (Å²) in [6.45, 7) is 4.71. The second kappa shape index (κ2) is 11.5. The molecule has 0 spiro atoms. The molecule has 1 aliphatic rings. The Bertz CT molecular complexity index is 740. The van der Waals surface area contributed by atoms with E-state index in [9.17, 15) is 12.8 Å². The number of hydrogen-bond donors (Lipinski definition) is 1. The molecule has 0 unspecified atom stereocenters. The Morgan fingerprint density at radius 3 is 2.75 bits per heavy atom. The average Bonchev–Trinajstić information content (AvgIpc) is 2.69. The highest BCUT2D eigenvalue weighted by atomic mass is 32.2. The van der Waals surface area contributed by atoms with Crippen molar-refractivity contribution >= 4 is 27.7 Å². The number of para-hydroxylation sites is 1. The van der Waals surface area contributed by atoms with E-state index in [0.717, 1.165) is 11.5 Å². The molecule has 1 aromatic carbocycles. The van der Waals surface area contributed by atoms with Gasteiger partial charge in [0.15, 0.2) is 17.5 Å². The fraction of sp³-hybridized carbons (Fsp3) is 0.611. The minimum absolute atomic E-state index is 0.00781. The van der Waals surface area contributed by atoms with E-state index in [4.69, 9.17) is 4.74 Å². The van der Waals surface area contributed by atoms with Crippen molar-refractivity contribution in [3.8, 4) is 5.75 Å². The lowest BCUT2D eigenvalue weighted by molar-refractivity contribution is 0.270. The number of likely N-dealkylation sites (N-methyl/N-ethyl adjacent to an activating group) is 1. The first-order chi connectivity index (χ1) is 13.4. The molecule has 1 heterocycles. The van der Waals surface area contributed by atoms with Crippen molar-refractivity contribution in [3.05, 3.63) is 30.1 Å². The first-order valence-corrected chi connectivity index (χ1v) is 12.1. The lowest BCUT2D eigenvalue weighted by atomic mass is 10.3. The topological polar surface area (TPSA) is 74.2 Å². The number of guanidine groups is 1. The molecular weight excluding hydrogens is 403 g/mol. The quantitative estimate of drug-likeness (QED) is 0.471. The number of benzene rings is 1. The van der Waals surface area contributed by atoms with E-state index in [1.165, 1.54) is 6.07 Å². The van der Waals surface area contributed by atoms with Gasteiger partial charge in [-0.1, -0.05) is 12.1 Å². The number of thioether (sulfide) groups is 1. The van der Waals surface area contributed by atoms with Crippen molar-refractivity contribution < 1.29 is 17.5 Å². The van der Waals surface area contributed by atoms with Gasteiger partial charge in [0.2, 0.25) is 10.0 Å². The van der Waals surface area contributed by atoms with Gasteiger partial charge >= 0.3 is 0 Å². The molecule has 0 atom stereocenters. The van der Waals surface area contributed by atoms with Crippen molar-refractivity contribution in [2.24, 2.45) is 4.99 Å². The summed E-state index contributed by atoms with van der Waals surface area (Å²) in [6, 6.07) is 6.26. The first kappa shape index (κ1) is 22.8. The third-order valence-corrected chi connectivity index (χ3v) is 6.98. The third kappa shape index (κ3) is 7.14. The molecule has 158 valence electrons. The van der Waals surface area contributed by atoms with Gasteiger partial charge in [0.25, 0.3) is 0 Å². The SMILES string of the molecule is CCNC(=NCCS(=O)(=O)N1CCSCC1)N(C)CCOc1ccccc1F. The molecule has 10 heteroatoms. The van der Waals surface area contributed by atoms with Crippen molar-refractivity contribution in [1.82, 2.24) is 14.5 Å². The maximum absolute atomic E-state index is 13.6. The zero-order valence-corrected chi connectivity index (χ0v) is 18.1. The highest BCUT2D eigenvalue weighted by Crippen LogP contribution is 2.15. The Morgan fingerprint density at radius 2 is 2.07 bits per heavy atom. The van der Waals surface area contributed by atoms with Crippen molar-refractivity contribution in [2.75, 3.05) is 63.6 Å². The van der Waals surface area contributed by atoms with E-state index in [1.54, 1.807) is 34.3 Å². The molecule has 1 N–H and O–H groups in total. The first-order valence-electron chi connectivity index (χ1n) is 9.36. The molecule has 2 rings (SSSR count). The van der Waals surface area contributed by atoms with Crippen LogP contribution in [0.4, 0.5) is 4.39 Å². The summed E-state index contributed by atoms with van der Waals surface area (Å²) in [5.74, 6) is 2.09. The second-order valence-electron chi connectivity index (χ2n) is 6.26. The average molecular weight is 433 g/mol. The van der Waals surface area contributed by atoms with E-state index in [1.807, 2.05) is 18.9 Å². The van der Waals surface area contributed by atoms with Crippen molar-refractivity contribution in [1.29, 1.82) is 0 Å². The van der Waals surface area contributed by atoms with Crippen LogP contribution < -0.4 is 10.1 Å². The molecule has 0 saturated carbocycles. The molecule has 0 aliphatic carbocycles. The van der Waals surface area contributed by atoms with Crippen LogP contribution >= 0.6 is 11.8 Å². The Balaban J connectivity index is 1.85. The van der Waals surface area contributed by atoms with Crippen LogP contribution in [0.1, 0.15) is 6.92 Å². The number of nitrogens with one attached hydrogen (secondary N) is 1. The summed E-state index contributed by atoms with van der Waals surface area (Å²) in [5.41, 5.74) is 0. The summed E-state index contributed by atoms with van der Waals surface area (Å²) >= 11 is 1.78. The normalized spacial score (nSPS) is 16.0. The number of hydrogen-bond acceptors (Lipinski definition) is 5. The lowest BCUT2D eigenvalue weighted by Gasteiger charge is -2.25. The summed E-state index contributed by atoms with van der Waals surface area (Å²) in [5, 5.41) is 3.14. The largest absolute Gasteiger partial charge is 0.489 e. The van der Waals surface area contributed by atoms with E-state index >= 15 is 0 Å². The van der Waals surface area contributed by atoms with Crippen LogP contribution in [-0.2, 0) is 10.0 Å². The Morgan fingerprint density at radius 1 is 1.36 bits per heavy atom. The van der Waals surface area contributed by atoms with E-state index in [2.05, 4.69) is 10.3 Å². The molecular formula is C18H29FN4O3S2. The fourth-order valence-corrected chi connectivity index (χ4v) is 5.10. The van der Waals surface area contributed by atoms with E-state index in [-0.39, 0.29) is 24.7 Å². The van der Waals surface area contributed by atoms with Crippen molar-refractivity contribution in [3.63, 3.8) is 0 Å². The minimum atomic E-state index is -3.28. The summed E-state index contributed by atoms with van der Waals surface area (Å²) in [6.07, 6.45) is 0. The van der Waals surface area contributed by atoms with Gasteiger partial charge in [-0.25, -0.2) is 17.1 Å². The Hall–Kier alpha value is -1.52. The minimum Gasteiger partial charge on any atom is -0.489 e. The molecule has 7 nitrogen and oxygen atoms in total. The van der Waals surface area contributed by atoms with Crippen LogP contribution in [0.15, 0.2) is 29.3 Å². The predicted molar refractivity (Wildman–Crippen MR) is 113 cm³/mol. The molecule has 1 aliphatic heterocycles. The van der Waals surface area contributed by atoms with Gasteiger partial charge in [-0.15, -0.1) is 0 Å². The summed E-state index contributed by atoms with van der Waals surface area (Å²) in [4.78, 5) is 6.27. The molecule has 1 fully saturated rings. The molecule has 1 aromatic rings. The van der Waals surface area contributed by atoms with Gasteiger partial charge in [-0.2, -0.15) is 11.8 Å². The van der Waals surface area contributed by atoms with Crippen LogP contribution in [-0.4, -0.2) is 87.2 Å². The van der Waals surface area contributed by atoms with Crippen LogP contribution in [0.25, 0.3) is 0 Å². The Kier molecular flexibility index (Phi) is 9.33. The summed E-state index contributed by atoms with van der Waals surface area (Å²) in [7, 11) is -1.44. The molecule has 0 amide bonds. The van der Waals surface area contributed by atoms with Gasteiger partial charge in [0, 0.05) is 38.2 Å². The number of aliphatic imine (C=N–C) groups is 1. The van der Waals surface area contributed by atoms with Crippen LogP contribution in [0.2, 0.25) is 0 Å². The number of sulfonamides is 1. The number of ether oxygens (including phenoxy) is 1. The van der Waals surface area contributed by atoms with Crippen molar-refractivity contribution in [2.45, 2.75) is 6.92 Å². The van der Waals surface area contributed by atoms with Crippen LogP contribution in [0.3, 0.4) is 0 Å². The highest BCUT2D eigenvalue weighted by molar-refractivity contribution is 7.99. The smallest absolute Gasteiger partial charge is 0.215 e. The zero-order valence-electron chi connectivity index (χ0n) is 16.4. The Labute approximate surface area is 171 Å². The molecule has 0 bridgehead atoms. The predicted octanol–water partition coefficient (Wildman–Crippen LogP) is 1.48. The van der Waals surface area contributed by atoms with E-state index in [0.29, 0.717) is 32.1 Å². The number of nitrogens with zero attached hydrogens (tertiary/aromatic N) is 3. The maximum Gasteiger partial charge on any atom is 0.215 e. The second-order valence-corrected chi connectivity index (χ2v) is 9.58. The van der Waals surface area contributed by atoms with Gasteiger partial charge < -0.3 is 15.0 Å². The molecule has 28 heavy (non-hydrogen) atoms. The summed E-state index contributed by atoms with van der Waals surface area (Å²) < 4.78 is 45.4. The fourth-order valence-electron chi connectivity index (χ4n) is 2.65. The number of halogens is 1. The van der Waals surface area contributed by atoms with Crippen LogP contribution in [0.5, 0.6) is 5.75 Å². The number of rotatable bonds is 9. The molecule has 0 radical (unpaired) electrons. The van der Waals surface area contributed by atoms with Gasteiger partial charge in [0.05, 0.1) is 18.8 Å². The van der Waals surface area contributed by atoms with Crippen LogP contribution in [0, 0.1) is 5.82 Å². The molecule has 0 aromatic heterocycles. The molecule has 1 saturated heterocycles. The zero-order chi connectivity index (χ0) is 20.4.